The molecule has 0 aromatic carbocycles. The zero-order chi connectivity index (χ0) is 18.5. The highest BCUT2D eigenvalue weighted by molar-refractivity contribution is 6.00. The van der Waals surface area contributed by atoms with Gasteiger partial charge in [-0.05, 0) is 39.7 Å². The molecule has 25 heavy (non-hydrogen) atoms. The Hall–Kier alpha value is -1.82. The largest absolute Gasteiger partial charge is 0.459 e. The molecule has 1 aromatic rings. The van der Waals surface area contributed by atoms with Gasteiger partial charge in [0.25, 0.3) is 5.91 Å². The molecule has 0 spiro atoms. The summed E-state index contributed by atoms with van der Waals surface area (Å²) in [5, 5.41) is 3.15. The van der Waals surface area contributed by atoms with Gasteiger partial charge in [-0.3, -0.25) is 4.79 Å². The average molecular weight is 348 g/mol. The number of nitrogens with one attached hydrogen (secondary N) is 2. The first-order chi connectivity index (χ1) is 11.6. The molecule has 2 aliphatic rings. The number of amides is 1. The lowest BCUT2D eigenvalue weighted by molar-refractivity contribution is -0.108. The Morgan fingerprint density at radius 1 is 1.32 bits per heavy atom. The maximum absolute atomic E-state index is 12.8. The van der Waals surface area contributed by atoms with Crippen LogP contribution in [0.1, 0.15) is 66.2 Å². The highest BCUT2D eigenvalue weighted by Crippen LogP contribution is 2.52. The van der Waals surface area contributed by atoms with Gasteiger partial charge in [0, 0.05) is 29.7 Å². The van der Waals surface area contributed by atoms with E-state index < -0.39 is 5.97 Å². The first-order valence-electron chi connectivity index (χ1n) is 8.97. The highest BCUT2D eigenvalue weighted by Gasteiger charge is 2.59. The van der Waals surface area contributed by atoms with Crippen LogP contribution in [-0.2, 0) is 9.47 Å². The van der Waals surface area contributed by atoms with Gasteiger partial charge in [-0.2, -0.15) is 0 Å². The first-order valence-corrected chi connectivity index (χ1v) is 8.97. The molecule has 3 atom stereocenters. The van der Waals surface area contributed by atoms with Gasteiger partial charge < -0.3 is 19.8 Å². The Morgan fingerprint density at radius 3 is 2.64 bits per heavy atom. The van der Waals surface area contributed by atoms with E-state index in [1.165, 1.54) is 0 Å². The fourth-order valence-corrected chi connectivity index (χ4v) is 4.39. The van der Waals surface area contributed by atoms with Crippen molar-refractivity contribution in [3.8, 4) is 0 Å². The van der Waals surface area contributed by atoms with Crippen molar-refractivity contribution in [1.82, 2.24) is 10.3 Å². The van der Waals surface area contributed by atoms with E-state index in [0.29, 0.717) is 28.4 Å². The molecule has 1 aliphatic heterocycles. The fourth-order valence-electron chi connectivity index (χ4n) is 4.39. The Kier molecular flexibility index (Phi) is 4.43. The van der Waals surface area contributed by atoms with Crippen molar-refractivity contribution in [3.63, 3.8) is 0 Å². The zero-order valence-electron chi connectivity index (χ0n) is 15.9. The first kappa shape index (κ1) is 18.0. The number of carbonyl (C=O) groups excluding carboxylic acids is 2. The summed E-state index contributed by atoms with van der Waals surface area (Å²) >= 11 is 0. The van der Waals surface area contributed by atoms with Crippen molar-refractivity contribution in [1.29, 1.82) is 0 Å². The molecule has 1 aromatic heterocycles. The molecule has 6 heteroatoms. The third kappa shape index (κ3) is 2.86. The van der Waals surface area contributed by atoms with E-state index >= 15 is 0 Å². The third-order valence-electron chi connectivity index (χ3n) is 5.60. The Labute approximate surface area is 148 Å². The molecule has 138 valence electrons. The molecule has 1 amide bonds. The lowest BCUT2D eigenvalue weighted by Gasteiger charge is -2.54. The molecule has 1 saturated carbocycles. The predicted octanol–water partition coefficient (Wildman–Crippen LogP) is 2.74. The van der Waals surface area contributed by atoms with Gasteiger partial charge in [-0.1, -0.05) is 13.8 Å². The molecule has 3 rings (SSSR count). The standard InChI is InChI=1S/C19H28N2O4/c1-9(2)25-18(23)13-10(3)14(20-11(13)4)17(22)21-15-12-7-8-24-16(12)19(15,5)6/h9,12,15-16,20H,7-8H2,1-6H3,(H,21,22)/t12-,15-,16+/m1/s1. The molecule has 1 saturated heterocycles. The minimum absolute atomic E-state index is 0.0776. The lowest BCUT2D eigenvalue weighted by atomic mass is 9.57. The number of H-pyrrole nitrogens is 1. The lowest BCUT2D eigenvalue weighted by Crippen LogP contribution is -2.66. The Bertz CT molecular complexity index is 705. The van der Waals surface area contributed by atoms with E-state index in [2.05, 4.69) is 24.1 Å². The van der Waals surface area contributed by atoms with E-state index in [1.54, 1.807) is 13.8 Å². The van der Waals surface area contributed by atoms with Crippen molar-refractivity contribution in [2.75, 3.05) is 6.61 Å². The van der Waals surface area contributed by atoms with Gasteiger partial charge in [0.15, 0.2) is 0 Å². The van der Waals surface area contributed by atoms with E-state index in [9.17, 15) is 9.59 Å². The summed E-state index contributed by atoms with van der Waals surface area (Å²) in [7, 11) is 0. The number of fused-ring (bicyclic) bond motifs is 1. The van der Waals surface area contributed by atoms with E-state index in [-0.39, 0.29) is 29.6 Å². The molecule has 0 bridgehead atoms. The monoisotopic (exact) mass is 348 g/mol. The van der Waals surface area contributed by atoms with Crippen LogP contribution in [0.25, 0.3) is 0 Å². The molecule has 0 radical (unpaired) electrons. The topological polar surface area (TPSA) is 80.4 Å². The molecule has 6 nitrogen and oxygen atoms in total. The van der Waals surface area contributed by atoms with Crippen molar-refractivity contribution >= 4 is 11.9 Å². The SMILES string of the molecule is Cc1[nH]c(C(=O)N[C@@H]2[C@H]3CCO[C@@H]3C2(C)C)c(C)c1C(=O)OC(C)C. The van der Waals surface area contributed by atoms with Gasteiger partial charge in [0.05, 0.1) is 17.8 Å². The summed E-state index contributed by atoms with van der Waals surface area (Å²) in [6.45, 7) is 12.2. The maximum atomic E-state index is 12.8. The Balaban J connectivity index is 1.78. The number of aromatic nitrogens is 1. The summed E-state index contributed by atoms with van der Waals surface area (Å²) in [5.41, 5.74) is 2.10. The average Bonchev–Trinajstić information content (AvgIpc) is 3.07. The van der Waals surface area contributed by atoms with Crippen LogP contribution in [0.5, 0.6) is 0 Å². The van der Waals surface area contributed by atoms with Crippen molar-refractivity contribution in [2.24, 2.45) is 11.3 Å². The summed E-state index contributed by atoms with van der Waals surface area (Å²) in [4.78, 5) is 28.2. The number of hydrogen-bond donors (Lipinski definition) is 2. The number of rotatable bonds is 4. The van der Waals surface area contributed by atoms with Crippen LogP contribution in [0.3, 0.4) is 0 Å². The fraction of sp³-hybridized carbons (Fsp3) is 0.684. The Morgan fingerprint density at radius 2 is 2.00 bits per heavy atom. The predicted molar refractivity (Wildman–Crippen MR) is 93.7 cm³/mol. The number of aromatic amines is 1. The molecule has 2 fully saturated rings. The second kappa shape index (κ2) is 6.16. The van der Waals surface area contributed by atoms with Crippen LogP contribution in [0.4, 0.5) is 0 Å². The van der Waals surface area contributed by atoms with E-state index in [4.69, 9.17) is 9.47 Å². The number of esters is 1. The molecular formula is C19H28N2O4. The molecule has 2 heterocycles. The minimum Gasteiger partial charge on any atom is -0.459 e. The van der Waals surface area contributed by atoms with Crippen LogP contribution >= 0.6 is 0 Å². The number of aryl methyl sites for hydroxylation is 1. The van der Waals surface area contributed by atoms with E-state index in [1.807, 2.05) is 13.8 Å². The van der Waals surface area contributed by atoms with Gasteiger partial charge >= 0.3 is 5.97 Å². The number of carbonyl (C=O) groups is 2. The summed E-state index contributed by atoms with van der Waals surface area (Å²) < 4.78 is 11.1. The minimum atomic E-state index is -0.395. The molecular weight excluding hydrogens is 320 g/mol. The zero-order valence-corrected chi connectivity index (χ0v) is 15.9. The smallest absolute Gasteiger partial charge is 0.340 e. The van der Waals surface area contributed by atoms with Crippen LogP contribution in [0, 0.1) is 25.2 Å². The van der Waals surface area contributed by atoms with Crippen LogP contribution < -0.4 is 5.32 Å². The second-order valence-corrected chi connectivity index (χ2v) is 8.10. The normalized spacial score (nSPS) is 26.9. The second-order valence-electron chi connectivity index (χ2n) is 8.10. The molecule has 0 unspecified atom stereocenters. The summed E-state index contributed by atoms with van der Waals surface area (Å²) in [6, 6.07) is 0.0848. The van der Waals surface area contributed by atoms with Gasteiger partial charge in [0.1, 0.15) is 5.69 Å². The van der Waals surface area contributed by atoms with Crippen molar-refractivity contribution < 1.29 is 19.1 Å². The number of ether oxygens (including phenoxy) is 2. The molecule has 1 aliphatic carbocycles. The highest BCUT2D eigenvalue weighted by atomic mass is 16.5. The summed E-state index contributed by atoms with van der Waals surface area (Å²) in [6.07, 6.45) is 1.00. The quantitative estimate of drug-likeness (QED) is 0.820. The van der Waals surface area contributed by atoms with Crippen LogP contribution in [-0.4, -0.2) is 41.7 Å². The maximum Gasteiger partial charge on any atom is 0.340 e. The van der Waals surface area contributed by atoms with Gasteiger partial charge in [0.2, 0.25) is 0 Å². The van der Waals surface area contributed by atoms with E-state index in [0.717, 1.165) is 13.0 Å². The van der Waals surface area contributed by atoms with Crippen molar-refractivity contribution in [2.45, 2.75) is 66.2 Å². The summed E-state index contributed by atoms with van der Waals surface area (Å²) in [5.74, 6) is -0.193. The van der Waals surface area contributed by atoms with Crippen LogP contribution in [0.15, 0.2) is 0 Å². The third-order valence-corrected chi connectivity index (χ3v) is 5.60. The van der Waals surface area contributed by atoms with Crippen LogP contribution in [0.2, 0.25) is 0 Å². The van der Waals surface area contributed by atoms with Crippen molar-refractivity contribution in [3.05, 3.63) is 22.5 Å². The number of hydrogen-bond acceptors (Lipinski definition) is 4. The van der Waals surface area contributed by atoms with Gasteiger partial charge in [-0.15, -0.1) is 0 Å². The molecule has 2 N–H and O–H groups in total. The van der Waals surface area contributed by atoms with Gasteiger partial charge in [-0.25, -0.2) is 4.79 Å².